The van der Waals surface area contributed by atoms with E-state index in [0.29, 0.717) is 44.1 Å². The molecule has 39 heavy (non-hydrogen) atoms. The summed E-state index contributed by atoms with van der Waals surface area (Å²) < 4.78 is 33.6. The molecule has 8 nitrogen and oxygen atoms in total. The first-order chi connectivity index (χ1) is 18.8. The molecule has 0 atom stereocenters. The van der Waals surface area contributed by atoms with Crippen molar-refractivity contribution in [2.45, 2.75) is 19.8 Å². The Morgan fingerprint density at radius 2 is 1.79 bits per heavy atom. The van der Waals surface area contributed by atoms with Gasteiger partial charge in [0.15, 0.2) is 5.84 Å². The molecular formula is C27H29F2N7OS2. The van der Waals surface area contributed by atoms with Crippen molar-refractivity contribution < 1.29 is 13.6 Å². The van der Waals surface area contributed by atoms with Crippen molar-refractivity contribution in [1.29, 1.82) is 10.8 Å². The van der Waals surface area contributed by atoms with Crippen LogP contribution in [-0.2, 0) is 5.92 Å². The van der Waals surface area contributed by atoms with E-state index in [9.17, 15) is 4.79 Å². The van der Waals surface area contributed by atoms with Crippen LogP contribution in [0.3, 0.4) is 0 Å². The van der Waals surface area contributed by atoms with Crippen LogP contribution in [0.15, 0.2) is 60.8 Å². The highest BCUT2D eigenvalue weighted by atomic mass is 32.2. The first kappa shape index (κ1) is 28.5. The summed E-state index contributed by atoms with van der Waals surface area (Å²) in [6.45, 7) is 6.86. The number of nitrogens with one attached hydrogen (secondary N) is 2. The lowest BCUT2D eigenvalue weighted by Gasteiger charge is -2.32. The van der Waals surface area contributed by atoms with Crippen LogP contribution in [0.2, 0.25) is 0 Å². The number of rotatable bonds is 5. The Morgan fingerprint density at radius 1 is 1.05 bits per heavy atom. The third-order valence-corrected chi connectivity index (χ3v) is 8.14. The molecule has 3 aromatic heterocycles. The Kier molecular flexibility index (Phi) is 8.88. The fourth-order valence-electron chi connectivity index (χ4n) is 4.09. The van der Waals surface area contributed by atoms with E-state index in [1.807, 2.05) is 20.1 Å². The lowest BCUT2D eigenvalue weighted by atomic mass is 10.0. The molecule has 1 fully saturated rings. The average molecular weight is 570 g/mol. The van der Waals surface area contributed by atoms with Crippen molar-refractivity contribution in [2.75, 3.05) is 32.4 Å². The highest BCUT2D eigenvalue weighted by molar-refractivity contribution is 7.96. The third kappa shape index (κ3) is 5.92. The van der Waals surface area contributed by atoms with Crippen molar-refractivity contribution >= 4 is 45.9 Å². The van der Waals surface area contributed by atoms with E-state index < -0.39 is 11.8 Å². The first-order valence-corrected chi connectivity index (χ1v) is 14.4. The summed E-state index contributed by atoms with van der Waals surface area (Å²) in [5, 5.41) is 21.1. The van der Waals surface area contributed by atoms with Crippen LogP contribution in [0.1, 0.15) is 29.1 Å². The highest BCUT2D eigenvalue weighted by Crippen LogP contribution is 2.32. The minimum Gasteiger partial charge on any atom is -0.335 e. The van der Waals surface area contributed by atoms with Crippen molar-refractivity contribution in [3.63, 3.8) is 0 Å². The average Bonchev–Trinajstić information content (AvgIpc) is 3.48. The Balaban J connectivity index is 0.00000172. The van der Waals surface area contributed by atoms with Gasteiger partial charge in [-0.15, -0.1) is 11.3 Å². The molecule has 0 spiro atoms. The lowest BCUT2D eigenvalue weighted by Crippen LogP contribution is -2.46. The number of aromatic nitrogens is 3. The quantitative estimate of drug-likeness (QED) is 0.193. The number of carbonyl (C=O) groups excluding carboxylic acids is 1. The number of nitrogens with zero attached hydrogens (tertiary/aromatic N) is 5. The Morgan fingerprint density at radius 3 is 2.51 bits per heavy atom. The van der Waals surface area contributed by atoms with E-state index in [2.05, 4.69) is 14.4 Å². The number of fused-ring (bicyclic) bond motifs is 1. The van der Waals surface area contributed by atoms with Gasteiger partial charge in [0.2, 0.25) is 0 Å². The van der Waals surface area contributed by atoms with E-state index in [1.165, 1.54) is 41.7 Å². The van der Waals surface area contributed by atoms with Crippen LogP contribution < -0.4 is 5.49 Å². The summed E-state index contributed by atoms with van der Waals surface area (Å²) in [6, 6.07) is 13.6. The van der Waals surface area contributed by atoms with Crippen molar-refractivity contribution in [3.8, 4) is 10.6 Å². The van der Waals surface area contributed by atoms with Gasteiger partial charge in [-0.25, -0.2) is 4.31 Å². The SMILES string of the molecule is CC.CSN1CCN(C(=O)c2ccc(-c3ccc(=N)n(C(=N)C(F)(F)c4ccc5ncccc5c4)n3)s2)CC1. The van der Waals surface area contributed by atoms with Crippen LogP contribution in [-0.4, -0.2) is 68.1 Å². The summed E-state index contributed by atoms with van der Waals surface area (Å²) in [7, 11) is 0. The number of halogens is 2. The molecule has 1 saturated heterocycles. The molecule has 0 aliphatic carbocycles. The van der Waals surface area contributed by atoms with Gasteiger partial charge in [0, 0.05) is 43.3 Å². The Labute approximate surface area is 233 Å². The number of pyridine rings is 1. The fraction of sp³-hybridized carbons (Fsp3) is 0.296. The van der Waals surface area contributed by atoms with Crippen LogP contribution >= 0.6 is 23.3 Å². The number of benzene rings is 1. The molecule has 1 amide bonds. The van der Waals surface area contributed by atoms with Gasteiger partial charge in [0.25, 0.3) is 5.91 Å². The largest absolute Gasteiger partial charge is 0.335 e. The molecule has 4 heterocycles. The van der Waals surface area contributed by atoms with Gasteiger partial charge >= 0.3 is 5.92 Å². The summed E-state index contributed by atoms with van der Waals surface area (Å²) in [5.41, 5.74) is 0.130. The molecule has 0 bridgehead atoms. The number of piperazine rings is 1. The van der Waals surface area contributed by atoms with Gasteiger partial charge in [-0.2, -0.15) is 18.6 Å². The molecule has 0 radical (unpaired) electrons. The number of hydrogen-bond acceptors (Lipinski definition) is 8. The van der Waals surface area contributed by atoms with Crippen molar-refractivity contribution in [3.05, 3.63) is 76.7 Å². The van der Waals surface area contributed by atoms with E-state index in [4.69, 9.17) is 10.8 Å². The summed E-state index contributed by atoms with van der Waals surface area (Å²) in [6.07, 6.45) is 3.59. The van der Waals surface area contributed by atoms with Crippen molar-refractivity contribution in [2.24, 2.45) is 0 Å². The monoisotopic (exact) mass is 569 g/mol. The first-order valence-electron chi connectivity index (χ1n) is 12.4. The molecule has 0 saturated carbocycles. The van der Waals surface area contributed by atoms with E-state index in [-0.39, 0.29) is 17.0 Å². The minimum atomic E-state index is -3.70. The maximum Gasteiger partial charge on any atom is 0.331 e. The second-order valence-electron chi connectivity index (χ2n) is 8.42. The van der Waals surface area contributed by atoms with Crippen LogP contribution in [0.5, 0.6) is 0 Å². The van der Waals surface area contributed by atoms with Gasteiger partial charge in [-0.3, -0.25) is 20.6 Å². The molecule has 0 unspecified atom stereocenters. The molecule has 204 valence electrons. The number of amides is 1. The smallest absolute Gasteiger partial charge is 0.331 e. The second kappa shape index (κ2) is 12.1. The molecule has 12 heteroatoms. The number of hydrogen-bond donors (Lipinski definition) is 2. The zero-order chi connectivity index (χ0) is 28.2. The molecule has 4 aromatic rings. The molecule has 5 rings (SSSR count). The standard InChI is InChI=1S/C25H23F2N7OS2.C2H6/c1-36-33-13-11-32(12-14-33)23(35)21-8-7-20(37-21)19-6-9-22(28)34(31-19)24(29)25(26,27)17-4-5-18-16(15-17)3-2-10-30-18;1-2/h2-10,15,28-29H,11-14H2,1H3;1-2H3. The van der Waals surface area contributed by atoms with Crippen LogP contribution in [0, 0.1) is 10.8 Å². The van der Waals surface area contributed by atoms with Gasteiger partial charge < -0.3 is 4.90 Å². The summed E-state index contributed by atoms with van der Waals surface area (Å²) in [5.74, 6) is -4.92. The molecular weight excluding hydrogens is 540 g/mol. The minimum absolute atomic E-state index is 0.0768. The zero-order valence-corrected chi connectivity index (χ0v) is 23.5. The maximum absolute atomic E-state index is 15.4. The zero-order valence-electron chi connectivity index (χ0n) is 21.8. The normalized spacial score (nSPS) is 14.1. The van der Waals surface area contributed by atoms with Gasteiger partial charge in [0.05, 0.1) is 15.3 Å². The molecule has 2 N–H and O–H groups in total. The van der Waals surface area contributed by atoms with Crippen LogP contribution in [0.4, 0.5) is 8.78 Å². The summed E-state index contributed by atoms with van der Waals surface area (Å²) >= 11 is 2.87. The third-order valence-electron chi connectivity index (χ3n) is 6.16. The molecule has 1 aromatic carbocycles. The van der Waals surface area contributed by atoms with Crippen molar-refractivity contribution in [1.82, 2.24) is 24.0 Å². The van der Waals surface area contributed by atoms with Gasteiger partial charge in [-0.05, 0) is 48.7 Å². The Bertz CT molecular complexity index is 1540. The summed E-state index contributed by atoms with van der Waals surface area (Å²) in [4.78, 5) is 20.0. The fourth-order valence-corrected chi connectivity index (χ4v) is 5.55. The number of carbonyl (C=O) groups is 1. The second-order valence-corrected chi connectivity index (χ2v) is 10.4. The molecule has 1 aliphatic heterocycles. The Hall–Kier alpha value is -3.48. The van der Waals surface area contributed by atoms with Gasteiger partial charge in [-0.1, -0.05) is 37.9 Å². The lowest BCUT2D eigenvalue weighted by molar-refractivity contribution is 0.0695. The number of thiophene rings is 1. The maximum atomic E-state index is 15.4. The van der Waals surface area contributed by atoms with Gasteiger partial charge in [0.1, 0.15) is 11.2 Å². The highest BCUT2D eigenvalue weighted by Gasteiger charge is 2.39. The van der Waals surface area contributed by atoms with E-state index in [1.54, 1.807) is 47.3 Å². The van der Waals surface area contributed by atoms with E-state index in [0.717, 1.165) is 13.1 Å². The topological polar surface area (TPSA) is 102 Å². The van der Waals surface area contributed by atoms with Crippen LogP contribution in [0.25, 0.3) is 21.5 Å². The van der Waals surface area contributed by atoms with E-state index >= 15 is 8.78 Å². The predicted molar refractivity (Wildman–Crippen MR) is 152 cm³/mol. The number of alkyl halides is 2. The predicted octanol–water partition coefficient (Wildman–Crippen LogP) is 5.32. The molecule has 1 aliphatic rings.